The summed E-state index contributed by atoms with van der Waals surface area (Å²) in [6.45, 7) is 6.88. The molecular weight excluding hydrogens is 448 g/mol. The number of aromatic nitrogens is 2. The fourth-order valence-electron chi connectivity index (χ4n) is 5.14. The summed E-state index contributed by atoms with van der Waals surface area (Å²) in [6, 6.07) is 25.9. The van der Waals surface area contributed by atoms with Crippen LogP contribution in [0.2, 0.25) is 0 Å². The molecule has 2 amide bonds. The lowest BCUT2D eigenvalue weighted by Gasteiger charge is -2.27. The average Bonchev–Trinajstić information content (AvgIpc) is 3.45. The molecule has 4 aromatic rings. The number of carbonyl (C=O) groups is 2. The van der Waals surface area contributed by atoms with Crippen LogP contribution in [0.4, 0.5) is 11.4 Å². The van der Waals surface area contributed by atoms with E-state index < -0.39 is 0 Å². The highest BCUT2D eigenvalue weighted by atomic mass is 16.2. The summed E-state index contributed by atoms with van der Waals surface area (Å²) in [5, 5.41) is 0. The highest BCUT2D eigenvalue weighted by Gasteiger charge is 2.35. The molecule has 1 aliphatic heterocycles. The zero-order valence-electron chi connectivity index (χ0n) is 21.1. The molecule has 6 nitrogen and oxygen atoms in total. The summed E-state index contributed by atoms with van der Waals surface area (Å²) >= 11 is 0. The van der Waals surface area contributed by atoms with Gasteiger partial charge in [0.05, 0.1) is 11.0 Å². The first-order valence-electron chi connectivity index (χ1n) is 12.7. The number of hydrogen-bond acceptors (Lipinski definition) is 3. The van der Waals surface area contributed by atoms with Crippen molar-refractivity contribution in [1.29, 1.82) is 0 Å². The molecule has 0 saturated carbocycles. The van der Waals surface area contributed by atoms with Gasteiger partial charge in [0.1, 0.15) is 12.4 Å². The van der Waals surface area contributed by atoms with E-state index in [0.29, 0.717) is 13.0 Å². The third-order valence-corrected chi connectivity index (χ3v) is 6.94. The third kappa shape index (κ3) is 4.51. The van der Waals surface area contributed by atoms with Crippen molar-refractivity contribution >= 4 is 34.2 Å². The quantitative estimate of drug-likeness (QED) is 0.348. The minimum atomic E-state index is -0.0900. The molecule has 6 heteroatoms. The molecule has 184 valence electrons. The number of imidazole rings is 1. The molecule has 2 heterocycles. The molecule has 1 aliphatic rings. The van der Waals surface area contributed by atoms with Crippen molar-refractivity contribution in [3.05, 3.63) is 90.3 Å². The molecule has 36 heavy (non-hydrogen) atoms. The van der Waals surface area contributed by atoms with Crippen LogP contribution < -0.4 is 9.80 Å². The van der Waals surface area contributed by atoms with Crippen molar-refractivity contribution in [3.8, 4) is 0 Å². The van der Waals surface area contributed by atoms with Gasteiger partial charge in [-0.3, -0.25) is 9.59 Å². The van der Waals surface area contributed by atoms with Gasteiger partial charge in [-0.1, -0.05) is 49.4 Å². The molecule has 5 rings (SSSR count). The minimum absolute atomic E-state index is 0.00284. The Labute approximate surface area is 212 Å². The Kier molecular flexibility index (Phi) is 6.59. The Balaban J connectivity index is 1.47. The van der Waals surface area contributed by atoms with E-state index in [1.165, 1.54) is 5.56 Å². The number of amides is 2. The van der Waals surface area contributed by atoms with Crippen molar-refractivity contribution in [2.75, 3.05) is 16.3 Å². The highest BCUT2D eigenvalue weighted by Crippen LogP contribution is 2.33. The van der Waals surface area contributed by atoms with Gasteiger partial charge in [0.2, 0.25) is 11.8 Å². The van der Waals surface area contributed by atoms with E-state index in [2.05, 4.69) is 19.1 Å². The standard InChI is InChI=1S/C30H32N4O2/c1-4-22-14-16-24(17-15-22)32-19-23(18-28(32)35)30-31-26-12-8-9-13-27(26)33(30)20-29(36)34(21(2)3)25-10-6-5-7-11-25/h5-17,21,23H,4,18-20H2,1-3H3/t23-/m0/s1. The van der Waals surface area contributed by atoms with Gasteiger partial charge in [0, 0.05) is 36.3 Å². The number of fused-ring (bicyclic) bond motifs is 1. The zero-order valence-corrected chi connectivity index (χ0v) is 21.1. The summed E-state index contributed by atoms with van der Waals surface area (Å²) in [4.78, 5) is 35.3. The van der Waals surface area contributed by atoms with Crippen LogP contribution in [0.5, 0.6) is 0 Å². The normalized spacial score (nSPS) is 15.7. The second-order valence-electron chi connectivity index (χ2n) is 9.66. The Hall–Kier alpha value is -3.93. The molecular formula is C30H32N4O2. The van der Waals surface area contributed by atoms with Crippen LogP contribution in [0, 0.1) is 0 Å². The monoisotopic (exact) mass is 480 g/mol. The van der Waals surface area contributed by atoms with E-state index in [9.17, 15) is 9.59 Å². The van der Waals surface area contributed by atoms with Crippen LogP contribution in [0.3, 0.4) is 0 Å². The summed E-state index contributed by atoms with van der Waals surface area (Å²) in [5.41, 5.74) is 4.79. The fraction of sp³-hybridized carbons (Fsp3) is 0.300. The lowest BCUT2D eigenvalue weighted by Crippen LogP contribution is -2.39. The second kappa shape index (κ2) is 9.97. The number of anilines is 2. The van der Waals surface area contributed by atoms with Gasteiger partial charge < -0.3 is 14.4 Å². The largest absolute Gasteiger partial charge is 0.318 e. The van der Waals surface area contributed by atoms with Crippen LogP contribution in [-0.2, 0) is 22.6 Å². The molecule has 0 aliphatic carbocycles. The van der Waals surface area contributed by atoms with Crippen LogP contribution in [0.15, 0.2) is 78.9 Å². The summed E-state index contributed by atoms with van der Waals surface area (Å²) < 4.78 is 2.01. The van der Waals surface area contributed by atoms with Gasteiger partial charge in [-0.25, -0.2) is 4.98 Å². The third-order valence-electron chi connectivity index (χ3n) is 6.94. The smallest absolute Gasteiger partial charge is 0.247 e. The zero-order chi connectivity index (χ0) is 25.2. The van der Waals surface area contributed by atoms with Crippen LogP contribution in [-0.4, -0.2) is 34.0 Å². The van der Waals surface area contributed by atoms with Gasteiger partial charge in [0.15, 0.2) is 0 Å². The average molecular weight is 481 g/mol. The molecule has 0 unspecified atom stereocenters. The number of carbonyl (C=O) groups excluding carboxylic acids is 2. The molecule has 1 atom stereocenters. The van der Waals surface area contributed by atoms with Crippen molar-refractivity contribution in [2.45, 2.75) is 52.1 Å². The fourth-order valence-corrected chi connectivity index (χ4v) is 5.14. The Morgan fingerprint density at radius 3 is 2.39 bits per heavy atom. The van der Waals surface area contributed by atoms with Crippen molar-refractivity contribution < 1.29 is 9.59 Å². The number of aryl methyl sites for hydroxylation is 1. The van der Waals surface area contributed by atoms with Crippen molar-refractivity contribution in [1.82, 2.24) is 9.55 Å². The van der Waals surface area contributed by atoms with Crippen LogP contribution >= 0.6 is 0 Å². The van der Waals surface area contributed by atoms with Gasteiger partial charge in [0.25, 0.3) is 0 Å². The minimum Gasteiger partial charge on any atom is -0.318 e. The first-order chi connectivity index (χ1) is 17.5. The number of para-hydroxylation sites is 3. The van der Waals surface area contributed by atoms with Gasteiger partial charge in [-0.2, -0.15) is 0 Å². The maximum atomic E-state index is 13.7. The highest BCUT2D eigenvalue weighted by molar-refractivity contribution is 5.97. The van der Waals surface area contributed by atoms with Crippen LogP contribution in [0.1, 0.15) is 44.5 Å². The predicted octanol–water partition coefficient (Wildman–Crippen LogP) is 5.56. The molecule has 0 radical (unpaired) electrons. The lowest BCUT2D eigenvalue weighted by atomic mass is 10.1. The Bertz CT molecular complexity index is 1380. The summed E-state index contributed by atoms with van der Waals surface area (Å²) in [7, 11) is 0. The lowest BCUT2D eigenvalue weighted by molar-refractivity contribution is -0.119. The van der Waals surface area contributed by atoms with Gasteiger partial charge >= 0.3 is 0 Å². The Morgan fingerprint density at radius 2 is 1.69 bits per heavy atom. The first kappa shape index (κ1) is 23.8. The predicted molar refractivity (Wildman–Crippen MR) is 144 cm³/mol. The topological polar surface area (TPSA) is 58.4 Å². The number of rotatable bonds is 7. The maximum Gasteiger partial charge on any atom is 0.247 e. The molecule has 1 aromatic heterocycles. The summed E-state index contributed by atoms with van der Waals surface area (Å²) in [5.74, 6) is 0.786. The van der Waals surface area contributed by atoms with E-state index in [1.54, 1.807) is 0 Å². The van der Waals surface area contributed by atoms with Gasteiger partial charge in [-0.15, -0.1) is 0 Å². The van der Waals surface area contributed by atoms with E-state index in [1.807, 2.05) is 94.9 Å². The SMILES string of the molecule is CCc1ccc(N2C[C@@H](c3nc4ccccc4n3CC(=O)N(c3ccccc3)C(C)C)CC2=O)cc1. The molecule has 1 fully saturated rings. The number of nitrogens with zero attached hydrogens (tertiary/aromatic N) is 4. The van der Waals surface area contributed by atoms with E-state index in [-0.39, 0.29) is 30.3 Å². The molecule has 0 spiro atoms. The molecule has 0 N–H and O–H groups in total. The second-order valence-corrected chi connectivity index (χ2v) is 9.66. The summed E-state index contributed by atoms with van der Waals surface area (Å²) in [6.07, 6.45) is 1.34. The maximum absolute atomic E-state index is 13.7. The number of hydrogen-bond donors (Lipinski definition) is 0. The van der Waals surface area contributed by atoms with E-state index in [4.69, 9.17) is 4.98 Å². The van der Waals surface area contributed by atoms with E-state index >= 15 is 0 Å². The van der Waals surface area contributed by atoms with Crippen molar-refractivity contribution in [2.24, 2.45) is 0 Å². The van der Waals surface area contributed by atoms with E-state index in [0.717, 1.165) is 34.7 Å². The molecule has 0 bridgehead atoms. The van der Waals surface area contributed by atoms with Gasteiger partial charge in [-0.05, 0) is 62.2 Å². The van der Waals surface area contributed by atoms with Crippen molar-refractivity contribution in [3.63, 3.8) is 0 Å². The molecule has 1 saturated heterocycles. The molecule has 3 aromatic carbocycles. The van der Waals surface area contributed by atoms with Crippen LogP contribution in [0.25, 0.3) is 11.0 Å². The first-order valence-corrected chi connectivity index (χ1v) is 12.7. The Morgan fingerprint density at radius 1 is 1.00 bits per heavy atom. The number of benzene rings is 3.